The van der Waals surface area contributed by atoms with Crippen LogP contribution in [0, 0.1) is 23.7 Å². The lowest BCUT2D eigenvalue weighted by Crippen LogP contribution is -2.40. The summed E-state index contributed by atoms with van der Waals surface area (Å²) in [5.74, 6) is -2.34. The van der Waals surface area contributed by atoms with Crippen LogP contribution in [0.5, 0.6) is 0 Å². The molecule has 3 aliphatic carbocycles. The molecule has 0 heterocycles. The van der Waals surface area contributed by atoms with E-state index in [-0.39, 0.29) is 17.8 Å². The first-order valence-electron chi connectivity index (χ1n) is 5.64. The highest BCUT2D eigenvalue weighted by atomic mass is 16.5. The quantitative estimate of drug-likeness (QED) is 0.569. The Kier molecular flexibility index (Phi) is 2.99. The van der Waals surface area contributed by atoms with Gasteiger partial charge in [0, 0.05) is 0 Å². The molecule has 1 saturated carbocycles. The van der Waals surface area contributed by atoms with E-state index in [1.165, 1.54) is 7.11 Å². The Hall–Kier alpha value is -1.32. The van der Waals surface area contributed by atoms with Crippen molar-refractivity contribution in [2.45, 2.75) is 19.3 Å². The molecule has 0 aromatic heterocycles. The highest BCUT2D eigenvalue weighted by Gasteiger charge is 2.46. The molecule has 0 radical (unpaired) electrons. The third kappa shape index (κ3) is 1.72. The lowest BCUT2D eigenvalue weighted by molar-refractivity contribution is -0.159. The molecular formula is C12H16O4. The maximum atomic E-state index is 11.7. The van der Waals surface area contributed by atoms with E-state index in [1.807, 2.05) is 12.2 Å². The summed E-state index contributed by atoms with van der Waals surface area (Å²) in [4.78, 5) is 23.0. The van der Waals surface area contributed by atoms with Crippen LogP contribution in [-0.4, -0.2) is 24.2 Å². The number of ether oxygens (including phenoxy) is 1. The number of carbonyl (C=O) groups excluding carboxylic acids is 1. The van der Waals surface area contributed by atoms with Crippen molar-refractivity contribution in [1.29, 1.82) is 0 Å². The summed E-state index contributed by atoms with van der Waals surface area (Å²) in [5.41, 5.74) is 0. The smallest absolute Gasteiger partial charge is 0.310 e. The van der Waals surface area contributed by atoms with Crippen LogP contribution in [0.1, 0.15) is 19.3 Å². The lowest BCUT2D eigenvalue weighted by atomic mass is 9.71. The SMILES string of the molecule is COC(=O)C1C(C(=O)O)[C@H]2C=C[C@H]1CCC2. The monoisotopic (exact) mass is 224 g/mol. The molecule has 0 aliphatic heterocycles. The van der Waals surface area contributed by atoms with Crippen molar-refractivity contribution in [1.82, 2.24) is 0 Å². The molecule has 88 valence electrons. The number of esters is 1. The molecule has 0 spiro atoms. The Morgan fingerprint density at radius 1 is 1.19 bits per heavy atom. The second-order valence-electron chi connectivity index (χ2n) is 4.56. The standard InChI is InChI=1S/C12H16O4/c1-16-12(15)10-8-4-2-3-7(5-6-8)9(10)11(13)14/h5-10H,2-4H2,1H3,(H,13,14)/t7-,8-,9?,10?/m1/s1. The summed E-state index contributed by atoms with van der Waals surface area (Å²) in [7, 11) is 1.32. The number of rotatable bonds is 2. The first kappa shape index (κ1) is 11.2. The van der Waals surface area contributed by atoms with Crippen molar-refractivity contribution in [3.63, 3.8) is 0 Å². The molecule has 4 nitrogen and oxygen atoms in total. The van der Waals surface area contributed by atoms with Crippen molar-refractivity contribution in [3.05, 3.63) is 12.2 Å². The summed E-state index contributed by atoms with van der Waals surface area (Å²) in [6.45, 7) is 0. The molecule has 1 N–H and O–H groups in total. The Morgan fingerprint density at radius 2 is 1.75 bits per heavy atom. The zero-order valence-electron chi connectivity index (χ0n) is 9.26. The summed E-state index contributed by atoms with van der Waals surface area (Å²) in [6.07, 6.45) is 6.70. The van der Waals surface area contributed by atoms with Gasteiger partial charge in [0.25, 0.3) is 0 Å². The number of aliphatic carboxylic acids is 1. The van der Waals surface area contributed by atoms with E-state index in [4.69, 9.17) is 4.74 Å². The molecule has 0 aromatic carbocycles. The van der Waals surface area contributed by atoms with E-state index in [1.54, 1.807) is 0 Å². The van der Waals surface area contributed by atoms with Crippen LogP contribution in [0.3, 0.4) is 0 Å². The maximum Gasteiger partial charge on any atom is 0.310 e. The molecule has 0 aromatic rings. The predicted molar refractivity (Wildman–Crippen MR) is 56.6 cm³/mol. The summed E-state index contributed by atoms with van der Waals surface area (Å²) < 4.78 is 4.74. The average Bonchev–Trinajstić information content (AvgIpc) is 2.60. The van der Waals surface area contributed by atoms with E-state index in [9.17, 15) is 14.7 Å². The molecule has 0 saturated heterocycles. The minimum Gasteiger partial charge on any atom is -0.481 e. The van der Waals surface area contributed by atoms with Crippen LogP contribution in [0.15, 0.2) is 12.2 Å². The number of methoxy groups -OCH3 is 1. The second-order valence-corrected chi connectivity index (χ2v) is 4.56. The molecular weight excluding hydrogens is 208 g/mol. The van der Waals surface area contributed by atoms with Gasteiger partial charge in [-0.25, -0.2) is 0 Å². The number of carboxylic acid groups (broad SMARTS) is 1. The topological polar surface area (TPSA) is 63.6 Å². The molecule has 16 heavy (non-hydrogen) atoms. The van der Waals surface area contributed by atoms with Crippen molar-refractivity contribution < 1.29 is 19.4 Å². The zero-order valence-corrected chi connectivity index (χ0v) is 9.26. The third-order valence-electron chi connectivity index (χ3n) is 3.75. The van der Waals surface area contributed by atoms with Crippen molar-refractivity contribution in [2.24, 2.45) is 23.7 Å². The lowest BCUT2D eigenvalue weighted by Gasteiger charge is -2.32. The molecule has 3 aliphatic rings. The zero-order chi connectivity index (χ0) is 11.7. The molecule has 4 heteroatoms. The van der Waals surface area contributed by atoms with E-state index in [2.05, 4.69) is 0 Å². The number of carboxylic acids is 1. The highest BCUT2D eigenvalue weighted by Crippen LogP contribution is 2.43. The van der Waals surface area contributed by atoms with Gasteiger partial charge in [-0.05, 0) is 24.7 Å². The molecule has 1 fully saturated rings. The first-order valence-corrected chi connectivity index (χ1v) is 5.64. The summed E-state index contributed by atoms with van der Waals surface area (Å²) in [6, 6.07) is 0. The van der Waals surface area contributed by atoms with Crippen LogP contribution in [0.4, 0.5) is 0 Å². The van der Waals surface area contributed by atoms with Gasteiger partial charge in [-0.1, -0.05) is 18.6 Å². The second kappa shape index (κ2) is 4.28. The van der Waals surface area contributed by atoms with Gasteiger partial charge in [0.2, 0.25) is 0 Å². The van der Waals surface area contributed by atoms with Crippen molar-refractivity contribution in [3.8, 4) is 0 Å². The van der Waals surface area contributed by atoms with Gasteiger partial charge in [0.05, 0.1) is 18.9 Å². The van der Waals surface area contributed by atoms with Gasteiger partial charge in [-0.2, -0.15) is 0 Å². The van der Waals surface area contributed by atoms with Gasteiger partial charge in [0.15, 0.2) is 0 Å². The van der Waals surface area contributed by atoms with Gasteiger partial charge >= 0.3 is 11.9 Å². The van der Waals surface area contributed by atoms with E-state index in [0.29, 0.717) is 0 Å². The van der Waals surface area contributed by atoms with Gasteiger partial charge in [0.1, 0.15) is 0 Å². The number of allylic oxidation sites excluding steroid dienone is 2. The Morgan fingerprint density at radius 3 is 2.25 bits per heavy atom. The fraction of sp³-hybridized carbons (Fsp3) is 0.667. The highest BCUT2D eigenvalue weighted by molar-refractivity contribution is 5.82. The maximum absolute atomic E-state index is 11.7. The number of hydrogen-bond donors (Lipinski definition) is 1. The number of hydrogen-bond acceptors (Lipinski definition) is 3. The molecule has 0 amide bonds. The minimum atomic E-state index is -0.878. The van der Waals surface area contributed by atoms with Crippen LogP contribution in [0.2, 0.25) is 0 Å². The van der Waals surface area contributed by atoms with Gasteiger partial charge in [-0.3, -0.25) is 9.59 Å². The van der Waals surface area contributed by atoms with E-state index >= 15 is 0 Å². The molecule has 2 bridgehead atoms. The van der Waals surface area contributed by atoms with Crippen LogP contribution in [-0.2, 0) is 14.3 Å². The Bertz CT molecular complexity index is 334. The predicted octanol–water partition coefficient (Wildman–Crippen LogP) is 1.46. The van der Waals surface area contributed by atoms with Crippen molar-refractivity contribution >= 4 is 11.9 Å². The van der Waals surface area contributed by atoms with Gasteiger partial charge in [-0.15, -0.1) is 0 Å². The first-order chi connectivity index (χ1) is 7.65. The van der Waals surface area contributed by atoms with Gasteiger partial charge < -0.3 is 9.84 Å². The summed E-state index contributed by atoms with van der Waals surface area (Å²) >= 11 is 0. The normalized spacial score (nSPS) is 36.8. The minimum absolute atomic E-state index is 0.0136. The molecule has 2 unspecified atom stereocenters. The van der Waals surface area contributed by atoms with E-state index in [0.717, 1.165) is 19.3 Å². The van der Waals surface area contributed by atoms with Crippen molar-refractivity contribution in [2.75, 3.05) is 7.11 Å². The number of fused-ring (bicyclic) bond motifs is 3. The van der Waals surface area contributed by atoms with E-state index < -0.39 is 17.8 Å². The molecule has 3 rings (SSSR count). The van der Waals surface area contributed by atoms with Crippen LogP contribution >= 0.6 is 0 Å². The average molecular weight is 224 g/mol. The fourth-order valence-corrected chi connectivity index (χ4v) is 2.99. The largest absolute Gasteiger partial charge is 0.481 e. The van der Waals surface area contributed by atoms with Crippen LogP contribution < -0.4 is 0 Å². The molecule has 4 atom stereocenters. The summed E-state index contributed by atoms with van der Waals surface area (Å²) in [5, 5.41) is 9.26. The number of carbonyl (C=O) groups is 2. The third-order valence-corrected chi connectivity index (χ3v) is 3.75. The fourth-order valence-electron chi connectivity index (χ4n) is 2.99. The van der Waals surface area contributed by atoms with Crippen LogP contribution in [0.25, 0.3) is 0 Å². The Labute approximate surface area is 94.3 Å². The Balaban J connectivity index is 2.35.